The number of benzene rings is 2. The molecular weight excluding hydrogens is 459 g/mol. The first-order chi connectivity index (χ1) is 16.1. The van der Waals surface area contributed by atoms with Crippen LogP contribution in [0.5, 0.6) is 0 Å². The zero-order chi connectivity index (χ0) is 25.0. The first kappa shape index (κ1) is 25.2. The number of hydrogen-bond donors (Lipinski definition) is 1. The van der Waals surface area contributed by atoms with Gasteiger partial charge in [-0.2, -0.15) is 0 Å². The number of carbonyl (C=O) groups is 3. The largest absolute Gasteiger partial charge is 0.461 e. The van der Waals surface area contributed by atoms with Gasteiger partial charge in [0, 0.05) is 17.8 Å². The number of ether oxygens (including phenoxy) is 1. The van der Waals surface area contributed by atoms with Gasteiger partial charge in [-0.1, -0.05) is 35.9 Å². The van der Waals surface area contributed by atoms with Gasteiger partial charge in [0.15, 0.2) is 5.78 Å². The lowest BCUT2D eigenvalue weighted by Gasteiger charge is -2.29. The number of nitrogens with zero attached hydrogens (tertiary/aromatic N) is 1. The molecule has 1 N–H and O–H groups in total. The van der Waals surface area contributed by atoms with Crippen molar-refractivity contribution in [2.24, 2.45) is 0 Å². The molecule has 34 heavy (non-hydrogen) atoms. The van der Waals surface area contributed by atoms with Crippen LogP contribution >= 0.6 is 11.6 Å². The summed E-state index contributed by atoms with van der Waals surface area (Å²) in [7, 11) is 0. The number of Topliss-reactive ketones (excluding diaryl/α,β-unsaturated/α-hetero) is 1. The molecule has 1 amide bonds. The van der Waals surface area contributed by atoms with E-state index in [4.69, 9.17) is 16.3 Å². The van der Waals surface area contributed by atoms with E-state index in [-0.39, 0.29) is 35.2 Å². The number of halogens is 2. The lowest BCUT2D eigenvalue weighted by Crippen LogP contribution is -2.43. The predicted molar refractivity (Wildman–Crippen MR) is 128 cm³/mol. The summed E-state index contributed by atoms with van der Waals surface area (Å²) < 4.78 is 18.5. The maximum absolute atomic E-state index is 13.6. The molecule has 2 aromatic carbocycles. The molecule has 0 aliphatic heterocycles. The van der Waals surface area contributed by atoms with Crippen molar-refractivity contribution in [3.8, 4) is 0 Å². The highest BCUT2D eigenvalue weighted by molar-refractivity contribution is 6.33. The molecule has 0 saturated carbocycles. The van der Waals surface area contributed by atoms with Crippen LogP contribution in [0.25, 0.3) is 0 Å². The quantitative estimate of drug-likeness (QED) is 0.337. The van der Waals surface area contributed by atoms with Crippen LogP contribution in [-0.4, -0.2) is 40.2 Å². The third kappa shape index (κ3) is 5.20. The summed E-state index contributed by atoms with van der Waals surface area (Å²) in [5.74, 6) is -1.73. The molecule has 0 spiro atoms. The number of aryl methyl sites for hydroxylation is 1. The minimum atomic E-state index is -0.905. The van der Waals surface area contributed by atoms with Crippen LogP contribution in [-0.2, 0) is 11.3 Å². The van der Waals surface area contributed by atoms with Gasteiger partial charge in [0.1, 0.15) is 11.5 Å². The van der Waals surface area contributed by atoms with E-state index in [1.165, 1.54) is 17.0 Å². The van der Waals surface area contributed by atoms with Crippen molar-refractivity contribution in [2.45, 2.75) is 40.3 Å². The lowest BCUT2D eigenvalue weighted by molar-refractivity contribution is 0.0518. The fraction of sp³-hybridized carbons (Fsp3) is 0.269. The fourth-order valence-corrected chi connectivity index (χ4v) is 4.05. The van der Waals surface area contributed by atoms with E-state index >= 15 is 0 Å². The second-order valence-corrected chi connectivity index (χ2v) is 8.33. The zero-order valence-corrected chi connectivity index (χ0v) is 20.2. The normalized spacial score (nSPS) is 11.7. The van der Waals surface area contributed by atoms with Crippen LogP contribution < -0.4 is 0 Å². The van der Waals surface area contributed by atoms with Crippen molar-refractivity contribution in [3.05, 3.63) is 93.0 Å². The molecule has 178 valence electrons. The van der Waals surface area contributed by atoms with Crippen molar-refractivity contribution in [1.29, 1.82) is 0 Å². The molecule has 0 unspecified atom stereocenters. The molecule has 0 radical (unpaired) electrons. The predicted octanol–water partition coefficient (Wildman–Crippen LogP) is 5.51. The highest BCUT2D eigenvalue weighted by atomic mass is 35.5. The van der Waals surface area contributed by atoms with Gasteiger partial charge in [-0.15, -0.1) is 0 Å². The second kappa shape index (κ2) is 10.7. The van der Waals surface area contributed by atoms with Crippen molar-refractivity contribution in [1.82, 2.24) is 9.88 Å². The van der Waals surface area contributed by atoms with E-state index in [1.54, 1.807) is 64.1 Å². The van der Waals surface area contributed by atoms with E-state index in [0.29, 0.717) is 22.4 Å². The maximum atomic E-state index is 13.6. The molecule has 1 atom stereocenters. The summed E-state index contributed by atoms with van der Waals surface area (Å²) in [5.41, 5.74) is 2.39. The monoisotopic (exact) mass is 484 g/mol. The molecule has 0 saturated heterocycles. The van der Waals surface area contributed by atoms with Crippen LogP contribution in [0.2, 0.25) is 5.02 Å². The number of aromatic nitrogens is 1. The SMILES string of the molecule is CCOC(=O)c1[nH]c(C)c(C(=O)[C@@H](C)N(Cc2ccc(F)cc2)C(=O)c2ccccc2Cl)c1C. The Morgan fingerprint density at radius 1 is 1.09 bits per heavy atom. The van der Waals surface area contributed by atoms with Crippen molar-refractivity contribution in [3.63, 3.8) is 0 Å². The molecular formula is C26H26ClFN2O4. The Morgan fingerprint density at radius 3 is 2.35 bits per heavy atom. The van der Waals surface area contributed by atoms with Gasteiger partial charge in [0.2, 0.25) is 0 Å². The van der Waals surface area contributed by atoms with Gasteiger partial charge in [0.25, 0.3) is 5.91 Å². The van der Waals surface area contributed by atoms with Crippen LogP contribution in [0.1, 0.15) is 61.9 Å². The minimum Gasteiger partial charge on any atom is -0.461 e. The molecule has 6 nitrogen and oxygen atoms in total. The molecule has 8 heteroatoms. The van der Waals surface area contributed by atoms with Crippen LogP contribution in [0.4, 0.5) is 4.39 Å². The van der Waals surface area contributed by atoms with Crippen molar-refractivity contribution < 1.29 is 23.5 Å². The average Bonchev–Trinajstić information content (AvgIpc) is 3.11. The Labute approximate surface area is 202 Å². The number of aromatic amines is 1. The standard InChI is InChI=1S/C26H26ClFN2O4/c1-5-34-26(33)23-15(2)22(16(3)29-23)24(31)17(4)30(14-18-10-12-19(28)13-11-18)25(32)20-8-6-7-9-21(20)27/h6-13,17,29H,5,14H2,1-4H3/t17-/m1/s1. The van der Waals surface area contributed by atoms with E-state index < -0.39 is 23.7 Å². The maximum Gasteiger partial charge on any atom is 0.355 e. The fourth-order valence-electron chi connectivity index (χ4n) is 3.84. The number of rotatable bonds is 8. The van der Waals surface area contributed by atoms with Crippen LogP contribution in [0, 0.1) is 19.7 Å². The first-order valence-corrected chi connectivity index (χ1v) is 11.2. The van der Waals surface area contributed by atoms with E-state index in [0.717, 1.165) is 0 Å². The number of nitrogens with one attached hydrogen (secondary N) is 1. The van der Waals surface area contributed by atoms with Crippen molar-refractivity contribution >= 4 is 29.3 Å². The summed E-state index contributed by atoms with van der Waals surface area (Å²) in [4.78, 5) is 43.8. The Hall–Kier alpha value is -3.45. The Bertz CT molecular complexity index is 1220. The molecule has 3 rings (SSSR count). The Kier molecular flexibility index (Phi) is 7.89. The minimum absolute atomic E-state index is 0.0600. The number of hydrogen-bond acceptors (Lipinski definition) is 4. The third-order valence-corrected chi connectivity index (χ3v) is 5.97. The summed E-state index contributed by atoms with van der Waals surface area (Å²) in [5, 5.41) is 0.259. The van der Waals surface area contributed by atoms with Gasteiger partial charge in [-0.05, 0) is 63.1 Å². The molecule has 1 aromatic heterocycles. The smallest absolute Gasteiger partial charge is 0.355 e. The number of carbonyl (C=O) groups excluding carboxylic acids is 3. The number of amides is 1. The summed E-state index contributed by atoms with van der Waals surface area (Å²) in [6.45, 7) is 6.94. The summed E-state index contributed by atoms with van der Waals surface area (Å²) in [6, 6.07) is 11.4. The number of ketones is 1. The number of esters is 1. The summed E-state index contributed by atoms with van der Waals surface area (Å²) in [6.07, 6.45) is 0. The molecule has 1 heterocycles. The molecule has 3 aromatic rings. The summed E-state index contributed by atoms with van der Waals surface area (Å²) >= 11 is 6.27. The van der Waals surface area contributed by atoms with Gasteiger partial charge in [0.05, 0.1) is 23.2 Å². The van der Waals surface area contributed by atoms with Crippen LogP contribution in [0.3, 0.4) is 0 Å². The van der Waals surface area contributed by atoms with E-state index in [2.05, 4.69) is 4.98 Å². The highest BCUT2D eigenvalue weighted by Gasteiger charge is 2.32. The van der Waals surface area contributed by atoms with Gasteiger partial charge in [-0.25, -0.2) is 9.18 Å². The topological polar surface area (TPSA) is 79.5 Å². The average molecular weight is 485 g/mol. The van der Waals surface area contributed by atoms with E-state index in [9.17, 15) is 18.8 Å². The van der Waals surface area contributed by atoms with Gasteiger partial charge in [-0.3, -0.25) is 9.59 Å². The second-order valence-electron chi connectivity index (χ2n) is 7.93. The molecule has 0 bridgehead atoms. The van der Waals surface area contributed by atoms with Gasteiger partial charge >= 0.3 is 5.97 Å². The zero-order valence-electron chi connectivity index (χ0n) is 19.4. The Balaban J connectivity index is 2.01. The van der Waals surface area contributed by atoms with E-state index in [1.807, 2.05) is 0 Å². The first-order valence-electron chi connectivity index (χ1n) is 10.9. The molecule has 0 fully saturated rings. The van der Waals surface area contributed by atoms with Gasteiger partial charge < -0.3 is 14.6 Å². The molecule has 0 aliphatic rings. The number of H-pyrrole nitrogens is 1. The Morgan fingerprint density at radius 2 is 1.74 bits per heavy atom. The molecule has 0 aliphatic carbocycles. The third-order valence-electron chi connectivity index (χ3n) is 5.64. The lowest BCUT2D eigenvalue weighted by atomic mass is 9.98. The van der Waals surface area contributed by atoms with Crippen molar-refractivity contribution in [2.75, 3.05) is 6.61 Å². The van der Waals surface area contributed by atoms with Crippen LogP contribution in [0.15, 0.2) is 48.5 Å². The highest BCUT2D eigenvalue weighted by Crippen LogP contribution is 2.25.